The van der Waals surface area contributed by atoms with Crippen LogP contribution in [0.25, 0.3) is 22.3 Å². The first-order valence-corrected chi connectivity index (χ1v) is 30.5. The number of pyridine rings is 2. The molecule has 4 aromatic carbocycles. The number of rotatable bonds is 18. The maximum atomic E-state index is 14.3. The number of nitrogens with one attached hydrogen (secondary N) is 4. The molecule has 0 spiro atoms. The number of aromatic amines is 2. The predicted molar refractivity (Wildman–Crippen MR) is 334 cm³/mol. The summed E-state index contributed by atoms with van der Waals surface area (Å²) in [6, 6.07) is 30.7. The first-order valence-electron chi connectivity index (χ1n) is 30.5. The molecule has 4 aliphatic rings. The Morgan fingerprint density at radius 1 is 0.631 bits per heavy atom. The predicted octanol–water partition coefficient (Wildman–Crippen LogP) is 9.09. The van der Waals surface area contributed by atoms with Gasteiger partial charge in [-0.25, -0.2) is 0 Å². The Morgan fingerprint density at radius 2 is 1.15 bits per heavy atom. The van der Waals surface area contributed by atoms with Gasteiger partial charge in [-0.1, -0.05) is 48.5 Å². The number of nitrogens with zero attached hydrogens (tertiary/aromatic N) is 4. The SMILES string of the molecule is CCN(c1cc(-c2ccc(CN3CCOC(C(c4ccc(-c5cc(C(=O)NCc6c(C)cc(C)[nH]c6=O)c(C)c(N(C)C6CCC(N)CC6)c5)cc4)N4CCOCC4)C3)cc2)cc(C(=O)NCc2c(C)cc(C)[nH]c2=O)c1C)C1CCOCC1. The second-order valence-corrected chi connectivity index (χ2v) is 24.0. The number of carbonyl (C=O) groups is 2. The molecule has 1 aliphatic carbocycles. The minimum atomic E-state index is -0.223. The summed E-state index contributed by atoms with van der Waals surface area (Å²) in [5, 5.41) is 6.19. The minimum Gasteiger partial charge on any atom is -0.381 e. The van der Waals surface area contributed by atoms with E-state index in [2.05, 4.69) is 115 Å². The molecule has 2 aromatic heterocycles. The lowest BCUT2D eigenvalue weighted by atomic mass is 9.89. The van der Waals surface area contributed by atoms with Crippen LogP contribution >= 0.6 is 0 Å². The van der Waals surface area contributed by atoms with E-state index in [1.807, 2.05) is 65.8 Å². The first-order chi connectivity index (χ1) is 40.5. The van der Waals surface area contributed by atoms with Gasteiger partial charge in [0.25, 0.3) is 22.9 Å². The van der Waals surface area contributed by atoms with Gasteiger partial charge in [0.15, 0.2) is 0 Å². The lowest BCUT2D eigenvalue weighted by Crippen LogP contribution is -2.51. The van der Waals surface area contributed by atoms with Crippen molar-refractivity contribution >= 4 is 23.2 Å². The van der Waals surface area contributed by atoms with Gasteiger partial charge in [-0.2, -0.15) is 0 Å². The largest absolute Gasteiger partial charge is 0.381 e. The first kappa shape index (κ1) is 60.2. The fourth-order valence-corrected chi connectivity index (χ4v) is 13.4. The van der Waals surface area contributed by atoms with Crippen molar-refractivity contribution in [3.8, 4) is 22.3 Å². The van der Waals surface area contributed by atoms with Crippen molar-refractivity contribution in [2.75, 3.05) is 82.6 Å². The average molecular weight is 1140 g/mol. The van der Waals surface area contributed by atoms with Crippen LogP contribution in [-0.2, 0) is 33.8 Å². The zero-order valence-electron chi connectivity index (χ0n) is 50.6. The van der Waals surface area contributed by atoms with Crippen molar-refractivity contribution in [1.29, 1.82) is 0 Å². The van der Waals surface area contributed by atoms with Gasteiger partial charge in [0.1, 0.15) is 0 Å². The zero-order valence-corrected chi connectivity index (χ0v) is 50.6. The normalized spacial score (nSPS) is 19.4. The number of carbonyl (C=O) groups excluding carboxylic acids is 2. The summed E-state index contributed by atoms with van der Waals surface area (Å²) in [5.41, 5.74) is 21.7. The summed E-state index contributed by atoms with van der Waals surface area (Å²) in [7, 11) is 2.14. The van der Waals surface area contributed by atoms with E-state index in [-0.39, 0.29) is 54.2 Å². The Labute approximate surface area is 495 Å². The Hall–Kier alpha value is -6.92. The summed E-state index contributed by atoms with van der Waals surface area (Å²) < 4.78 is 18.4. The van der Waals surface area contributed by atoms with Crippen molar-refractivity contribution in [1.82, 2.24) is 30.4 Å². The van der Waals surface area contributed by atoms with Crippen LogP contribution < -0.4 is 37.3 Å². The van der Waals surface area contributed by atoms with Crippen molar-refractivity contribution in [3.05, 3.63) is 173 Å². The number of aryl methyl sites for hydroxylation is 4. The van der Waals surface area contributed by atoms with Crippen molar-refractivity contribution < 1.29 is 23.8 Å². The highest BCUT2D eigenvalue weighted by Crippen LogP contribution is 2.38. The molecular weight excluding hydrogens is 1050 g/mol. The van der Waals surface area contributed by atoms with Gasteiger partial charge < -0.3 is 50.3 Å². The van der Waals surface area contributed by atoms with Crippen molar-refractivity contribution in [3.63, 3.8) is 0 Å². The third-order valence-electron chi connectivity index (χ3n) is 18.3. The molecule has 6 aromatic rings. The van der Waals surface area contributed by atoms with Gasteiger partial charge in [-0.05, 0) is 179 Å². The quantitative estimate of drug-likeness (QED) is 0.0550. The van der Waals surface area contributed by atoms with Gasteiger partial charge in [0.05, 0.1) is 32.0 Å². The molecule has 0 bridgehead atoms. The van der Waals surface area contributed by atoms with E-state index >= 15 is 0 Å². The van der Waals surface area contributed by atoms with E-state index in [0.29, 0.717) is 67.4 Å². The second-order valence-electron chi connectivity index (χ2n) is 24.0. The third kappa shape index (κ3) is 13.8. The number of amides is 2. The number of benzene rings is 4. The maximum Gasteiger partial charge on any atom is 0.253 e. The molecule has 10 rings (SSSR count). The topological polar surface area (TPSA) is 191 Å². The van der Waals surface area contributed by atoms with Crippen LogP contribution in [-0.4, -0.2) is 129 Å². The van der Waals surface area contributed by atoms with Gasteiger partial charge >= 0.3 is 0 Å². The number of hydrogen-bond acceptors (Lipinski definition) is 12. The summed E-state index contributed by atoms with van der Waals surface area (Å²) in [6.45, 7) is 22.0. The lowest BCUT2D eigenvalue weighted by molar-refractivity contribution is -0.0914. The Kier molecular flexibility index (Phi) is 19.3. The summed E-state index contributed by atoms with van der Waals surface area (Å²) in [5.74, 6) is -0.438. The van der Waals surface area contributed by atoms with E-state index in [1.165, 1.54) is 11.1 Å². The van der Waals surface area contributed by atoms with Gasteiger partial charge in [-0.15, -0.1) is 0 Å². The molecule has 16 heteroatoms. The monoisotopic (exact) mass is 1140 g/mol. The molecule has 2 unspecified atom stereocenters. The molecule has 0 radical (unpaired) electrons. The van der Waals surface area contributed by atoms with Gasteiger partial charge in [0, 0.05) is 136 Å². The smallest absolute Gasteiger partial charge is 0.253 e. The Bertz CT molecular complexity index is 3410. The number of nitrogens with two attached hydrogens (primary N) is 1. The molecule has 84 heavy (non-hydrogen) atoms. The molecule has 5 heterocycles. The third-order valence-corrected chi connectivity index (χ3v) is 18.3. The van der Waals surface area contributed by atoms with Crippen LogP contribution in [0.1, 0.15) is 128 Å². The molecule has 2 amide bonds. The van der Waals surface area contributed by atoms with Crippen molar-refractivity contribution in [2.24, 2.45) is 5.73 Å². The second kappa shape index (κ2) is 27.0. The molecule has 446 valence electrons. The molecule has 3 aliphatic heterocycles. The Balaban J connectivity index is 0.886. The van der Waals surface area contributed by atoms with Gasteiger partial charge in [-0.3, -0.25) is 29.0 Å². The zero-order chi connectivity index (χ0) is 59.2. The number of aromatic nitrogens is 2. The fraction of sp³-hybridized carbons (Fsp3) is 0.471. The lowest BCUT2D eigenvalue weighted by Gasteiger charge is -2.43. The maximum absolute atomic E-state index is 14.3. The minimum absolute atomic E-state index is 0.0206. The molecule has 2 atom stereocenters. The highest BCUT2D eigenvalue weighted by molar-refractivity contribution is 6.00. The molecular formula is C68H87N9O7. The fourth-order valence-electron chi connectivity index (χ4n) is 13.4. The van der Waals surface area contributed by atoms with Crippen LogP contribution in [0, 0.1) is 41.5 Å². The standard InChI is InChI=1S/C68H87N9O7/c1-9-77(56-22-27-82-28-23-56)62-37-53(35-58(47(62)7)66(79)71-39-60-43(3)33-45(5)73-68(60)81)49-12-10-48(11-13-49)40-75-24-31-84-63(41-75)64(76-25-29-83-30-26-76)51-16-14-50(15-17-51)52-34-57(65(78)70-38-59-42(2)32-44(4)72-67(59)80)46(6)61(36-52)74(8)55-20-18-54(69)19-21-55/h10-17,32-37,54-56,63-64H,9,18-31,38-41,69H2,1-8H3,(H,70,78)(H,71,79)(H,72,80)(H,73,81). The van der Waals surface area contributed by atoms with E-state index in [1.54, 1.807) is 0 Å². The van der Waals surface area contributed by atoms with Gasteiger partial charge in [0.2, 0.25) is 0 Å². The van der Waals surface area contributed by atoms with E-state index in [9.17, 15) is 19.2 Å². The number of ether oxygens (including phenoxy) is 3. The van der Waals surface area contributed by atoms with E-state index < -0.39 is 0 Å². The Morgan fingerprint density at radius 3 is 1.70 bits per heavy atom. The van der Waals surface area contributed by atoms with Crippen LogP contribution in [0.15, 0.2) is 94.5 Å². The molecule has 6 N–H and O–H groups in total. The number of anilines is 2. The van der Waals surface area contributed by atoms with Crippen LogP contribution in [0.5, 0.6) is 0 Å². The molecule has 16 nitrogen and oxygen atoms in total. The van der Waals surface area contributed by atoms with Crippen molar-refractivity contribution in [2.45, 2.75) is 137 Å². The molecule has 4 fully saturated rings. The number of morpholine rings is 2. The van der Waals surface area contributed by atoms with E-state index in [4.69, 9.17) is 19.9 Å². The summed E-state index contributed by atoms with van der Waals surface area (Å²) in [6.07, 6.45) is 5.63. The summed E-state index contributed by atoms with van der Waals surface area (Å²) in [4.78, 5) is 70.0. The molecule has 3 saturated heterocycles. The van der Waals surface area contributed by atoms with Crippen LogP contribution in [0.2, 0.25) is 0 Å². The van der Waals surface area contributed by atoms with Crippen LogP contribution in [0.3, 0.4) is 0 Å². The highest BCUT2D eigenvalue weighted by atomic mass is 16.5. The number of hydrogen-bond donors (Lipinski definition) is 5. The van der Waals surface area contributed by atoms with Crippen LogP contribution in [0.4, 0.5) is 11.4 Å². The highest BCUT2D eigenvalue weighted by Gasteiger charge is 2.35. The van der Waals surface area contributed by atoms with E-state index in [0.717, 1.165) is 145 Å². The number of H-pyrrole nitrogens is 2. The molecule has 1 saturated carbocycles. The average Bonchev–Trinajstić information content (AvgIpc) is 3.24. The summed E-state index contributed by atoms with van der Waals surface area (Å²) >= 11 is 0.